The molecule has 0 spiro atoms. The smallest absolute Gasteiger partial charge is 0.330 e. The van der Waals surface area contributed by atoms with Crippen molar-refractivity contribution in [1.82, 2.24) is 0 Å². The van der Waals surface area contributed by atoms with Crippen LogP contribution in [0.3, 0.4) is 0 Å². The van der Waals surface area contributed by atoms with Crippen LogP contribution in [0.15, 0.2) is 115 Å². The maximum absolute atomic E-state index is 11.4. The van der Waals surface area contributed by atoms with Gasteiger partial charge in [0.25, 0.3) is 0 Å². The second kappa shape index (κ2) is 12.7. The predicted molar refractivity (Wildman–Crippen MR) is 152 cm³/mol. The second-order valence-electron chi connectivity index (χ2n) is 9.53. The molecule has 0 amide bonds. The van der Waals surface area contributed by atoms with Gasteiger partial charge < -0.3 is 10.2 Å². The first kappa shape index (κ1) is 27.5. The molecule has 3 atom stereocenters. The molecule has 0 saturated carbocycles. The van der Waals surface area contributed by atoms with Gasteiger partial charge in [0.05, 0.1) is 0 Å². The average Bonchev–Trinajstić information content (AvgIpc) is 2.93. The van der Waals surface area contributed by atoms with Crippen LogP contribution in [0.2, 0.25) is 0 Å². The zero-order valence-electron chi connectivity index (χ0n) is 22.1. The van der Waals surface area contributed by atoms with Crippen LogP contribution in [0.25, 0.3) is 0 Å². The van der Waals surface area contributed by atoms with E-state index in [1.807, 2.05) is 12.1 Å². The van der Waals surface area contributed by atoms with Crippen molar-refractivity contribution in [3.05, 3.63) is 149 Å². The first-order valence-electron chi connectivity index (χ1n) is 12.6. The third-order valence-corrected chi connectivity index (χ3v) is 6.89. The lowest BCUT2D eigenvalue weighted by Crippen LogP contribution is -2.06. The van der Waals surface area contributed by atoms with Crippen LogP contribution < -0.4 is 0 Å². The summed E-state index contributed by atoms with van der Waals surface area (Å²) in [5, 5.41) is 19.3. The predicted octanol–water partition coefficient (Wildman–Crippen LogP) is 8.49. The van der Waals surface area contributed by atoms with E-state index in [4.69, 9.17) is 5.11 Å². The Morgan fingerprint density at radius 1 is 0.622 bits per heavy atom. The highest BCUT2D eigenvalue weighted by Gasteiger charge is 2.23. The van der Waals surface area contributed by atoms with E-state index in [2.05, 4.69) is 118 Å². The molecule has 4 rings (SSSR count). The van der Waals surface area contributed by atoms with E-state index in [-0.39, 0.29) is 23.3 Å². The molecule has 0 radical (unpaired) electrons. The Labute approximate surface area is 220 Å². The lowest BCUT2D eigenvalue weighted by atomic mass is 9.82. The van der Waals surface area contributed by atoms with Gasteiger partial charge in [0, 0.05) is 34.5 Å². The van der Waals surface area contributed by atoms with Crippen LogP contribution in [-0.2, 0) is 4.79 Å². The maximum Gasteiger partial charge on any atom is 0.330 e. The van der Waals surface area contributed by atoms with Gasteiger partial charge in [0.1, 0.15) is 5.75 Å². The highest BCUT2D eigenvalue weighted by Crippen LogP contribution is 2.41. The summed E-state index contributed by atoms with van der Waals surface area (Å²) in [6.45, 7) is 11.2. The number of benzene rings is 4. The Balaban J connectivity index is 0.000000568. The van der Waals surface area contributed by atoms with Crippen molar-refractivity contribution < 1.29 is 15.0 Å². The summed E-state index contributed by atoms with van der Waals surface area (Å²) in [7, 11) is 0. The van der Waals surface area contributed by atoms with E-state index < -0.39 is 5.97 Å². The van der Waals surface area contributed by atoms with Gasteiger partial charge in [-0.3, -0.25) is 0 Å². The van der Waals surface area contributed by atoms with E-state index in [9.17, 15) is 9.90 Å². The molecule has 0 saturated heterocycles. The van der Waals surface area contributed by atoms with Crippen LogP contribution in [-0.4, -0.2) is 16.2 Å². The fourth-order valence-corrected chi connectivity index (χ4v) is 4.39. The van der Waals surface area contributed by atoms with Gasteiger partial charge in [-0.2, -0.15) is 0 Å². The third kappa shape index (κ3) is 6.98. The quantitative estimate of drug-likeness (QED) is 0.254. The van der Waals surface area contributed by atoms with Crippen molar-refractivity contribution in [1.29, 1.82) is 0 Å². The van der Waals surface area contributed by atoms with E-state index >= 15 is 0 Å². The number of rotatable bonds is 7. The lowest BCUT2D eigenvalue weighted by Gasteiger charge is -2.24. The highest BCUT2D eigenvalue weighted by atomic mass is 16.4. The van der Waals surface area contributed by atoms with Crippen molar-refractivity contribution in [2.24, 2.45) is 0 Å². The minimum absolute atomic E-state index is 0.103. The molecule has 0 aliphatic heterocycles. The number of aromatic hydroxyl groups is 1. The molecule has 190 valence electrons. The van der Waals surface area contributed by atoms with Crippen molar-refractivity contribution >= 4 is 5.97 Å². The summed E-state index contributed by atoms with van der Waals surface area (Å²) in [6, 6.07) is 35.9. The number of hydrogen-bond donors (Lipinski definition) is 2. The van der Waals surface area contributed by atoms with Crippen LogP contribution in [0, 0.1) is 0 Å². The van der Waals surface area contributed by atoms with E-state index in [1.54, 1.807) is 0 Å². The van der Waals surface area contributed by atoms with E-state index in [0.29, 0.717) is 5.75 Å². The van der Waals surface area contributed by atoms with Gasteiger partial charge in [0.2, 0.25) is 0 Å². The largest absolute Gasteiger partial charge is 0.507 e. The summed E-state index contributed by atoms with van der Waals surface area (Å²) < 4.78 is 0. The first-order chi connectivity index (χ1) is 17.7. The maximum atomic E-state index is 11.4. The monoisotopic (exact) mass is 492 g/mol. The molecule has 0 bridgehead atoms. The van der Waals surface area contributed by atoms with Crippen molar-refractivity contribution in [3.8, 4) is 5.75 Å². The molecule has 3 heteroatoms. The molecule has 2 N–H and O–H groups in total. The van der Waals surface area contributed by atoms with Crippen molar-refractivity contribution in [3.63, 3.8) is 0 Å². The molecule has 4 aromatic carbocycles. The van der Waals surface area contributed by atoms with Crippen molar-refractivity contribution in [2.75, 3.05) is 0 Å². The Bertz CT molecular complexity index is 1230. The number of phenolic OH excluding ortho intramolecular Hbond substituents is 1. The Morgan fingerprint density at radius 3 is 1.22 bits per heavy atom. The van der Waals surface area contributed by atoms with Crippen LogP contribution in [0.4, 0.5) is 0 Å². The summed E-state index contributed by atoms with van der Waals surface area (Å²) in [6.07, 6.45) is 0. The minimum Gasteiger partial charge on any atom is -0.507 e. The van der Waals surface area contributed by atoms with Gasteiger partial charge in [-0.1, -0.05) is 130 Å². The van der Waals surface area contributed by atoms with Crippen LogP contribution in [0.5, 0.6) is 5.75 Å². The Kier molecular flexibility index (Phi) is 9.45. The van der Waals surface area contributed by atoms with Gasteiger partial charge in [-0.05, 0) is 29.2 Å². The number of carboxylic acids is 1. The zero-order valence-corrected chi connectivity index (χ0v) is 22.1. The molecule has 0 heterocycles. The second-order valence-corrected chi connectivity index (χ2v) is 9.53. The number of hydrogen-bond acceptors (Lipinski definition) is 2. The molecule has 0 aliphatic carbocycles. The molecule has 3 nitrogen and oxygen atoms in total. The van der Waals surface area contributed by atoms with Gasteiger partial charge in [0.15, 0.2) is 0 Å². The zero-order chi connectivity index (χ0) is 26.9. The Hall–Kier alpha value is -4.11. The minimum atomic E-state index is -0.935. The molecular formula is C34H36O3. The van der Waals surface area contributed by atoms with Crippen LogP contribution in [0.1, 0.15) is 78.8 Å². The molecule has 3 unspecified atom stereocenters. The van der Waals surface area contributed by atoms with Crippen LogP contribution >= 0.6 is 0 Å². The molecule has 0 aromatic heterocycles. The van der Waals surface area contributed by atoms with E-state index in [0.717, 1.165) is 11.1 Å². The molecule has 0 aliphatic rings. The fourth-order valence-electron chi connectivity index (χ4n) is 4.39. The van der Waals surface area contributed by atoms with E-state index in [1.165, 1.54) is 29.2 Å². The molecule has 4 aromatic rings. The molecule has 0 fully saturated rings. The Morgan fingerprint density at radius 2 is 0.919 bits per heavy atom. The SMILES string of the molecule is C=C(C)C(=O)O.CC(c1ccccc1)c1cc(C(C)c2ccccc2)c(O)c(C(C)c2ccccc2)c1. The average molecular weight is 493 g/mol. The highest BCUT2D eigenvalue weighted by molar-refractivity contribution is 5.84. The van der Waals surface area contributed by atoms with Gasteiger partial charge in [-0.25, -0.2) is 4.79 Å². The summed E-state index contributed by atoms with van der Waals surface area (Å²) in [5.41, 5.74) is 7.09. The number of carboxylic acid groups (broad SMARTS) is 1. The van der Waals surface area contributed by atoms with Gasteiger partial charge >= 0.3 is 5.97 Å². The number of aliphatic carboxylic acids is 1. The molecule has 37 heavy (non-hydrogen) atoms. The van der Waals surface area contributed by atoms with Crippen molar-refractivity contribution in [2.45, 2.75) is 45.4 Å². The lowest BCUT2D eigenvalue weighted by molar-refractivity contribution is -0.132. The topological polar surface area (TPSA) is 57.5 Å². The summed E-state index contributed by atoms with van der Waals surface area (Å²) in [5.74, 6) is -0.0753. The fraction of sp³-hybridized carbons (Fsp3) is 0.206. The molecular weight excluding hydrogens is 456 g/mol. The number of phenols is 1. The van der Waals surface area contributed by atoms with Gasteiger partial charge in [-0.15, -0.1) is 0 Å². The summed E-state index contributed by atoms with van der Waals surface area (Å²) >= 11 is 0. The standard InChI is InChI=1S/C30H30O.C4H6O2/c1-21(24-13-7-4-8-14-24)27-19-28(22(2)25-15-9-5-10-16-25)30(31)29(20-27)23(3)26-17-11-6-12-18-26;1-3(2)4(5)6/h4-23,31H,1-3H3;1H2,2H3,(H,5,6). The summed E-state index contributed by atoms with van der Waals surface area (Å²) in [4.78, 5) is 9.60. The first-order valence-corrected chi connectivity index (χ1v) is 12.6. The number of carbonyl (C=O) groups is 1. The normalized spacial score (nSPS) is 13.0. The third-order valence-electron chi connectivity index (χ3n) is 6.89.